The van der Waals surface area contributed by atoms with Crippen molar-refractivity contribution in [3.8, 4) is 11.3 Å². The molecule has 184 valence electrons. The van der Waals surface area contributed by atoms with Gasteiger partial charge in [-0.2, -0.15) is 0 Å². The lowest BCUT2D eigenvalue weighted by Crippen LogP contribution is -2.54. The largest absolute Gasteiger partial charge is 0.372 e. The van der Waals surface area contributed by atoms with Crippen molar-refractivity contribution in [2.45, 2.75) is 37.8 Å². The fourth-order valence-corrected chi connectivity index (χ4v) is 5.65. The Hall–Kier alpha value is -3.71. The first-order valence-electron chi connectivity index (χ1n) is 12.9. The minimum absolute atomic E-state index is 0.146. The van der Waals surface area contributed by atoms with Crippen LogP contribution in [-0.2, 0) is 11.3 Å². The number of aromatic nitrogens is 1. The smallest absolute Gasteiger partial charge is 0.329 e. The summed E-state index contributed by atoms with van der Waals surface area (Å²) in [6.07, 6.45) is 5.54. The summed E-state index contributed by atoms with van der Waals surface area (Å²) in [6.45, 7) is 4.70. The maximum atomic E-state index is 13.5. The number of carbonyl (C=O) groups excluding carboxylic acids is 2. The van der Waals surface area contributed by atoms with E-state index in [9.17, 15) is 9.59 Å². The Morgan fingerprint density at radius 2 is 1.50 bits per heavy atom. The Kier molecular flexibility index (Phi) is 5.93. The van der Waals surface area contributed by atoms with E-state index in [1.165, 1.54) is 29.0 Å². The molecule has 4 heterocycles. The highest BCUT2D eigenvalue weighted by atomic mass is 16.2. The lowest BCUT2D eigenvalue weighted by atomic mass is 9.87. The third-order valence-corrected chi connectivity index (χ3v) is 7.77. The van der Waals surface area contributed by atoms with Crippen LogP contribution in [0.5, 0.6) is 0 Å². The summed E-state index contributed by atoms with van der Waals surface area (Å²) in [4.78, 5) is 36.9. The molecule has 1 spiro atoms. The molecule has 1 aromatic heterocycles. The summed E-state index contributed by atoms with van der Waals surface area (Å²) in [5.41, 5.74) is 4.17. The number of nitrogens with zero attached hydrogens (tertiary/aromatic N) is 4. The van der Waals surface area contributed by atoms with Crippen LogP contribution in [0.25, 0.3) is 11.3 Å². The standard InChI is InChI=1S/C29H31N5O2/c35-27-29(31-28(36)34(27)25-12-8-23(9-13-25)26-5-1-2-16-30-26)14-19-32(20-15-29)21-22-6-10-24(11-7-22)33-17-3-4-18-33/h1-2,5-13,16H,3-4,14-15,17-21H2,(H,31,36). The summed E-state index contributed by atoms with van der Waals surface area (Å²) in [5.74, 6) is -0.146. The lowest BCUT2D eigenvalue weighted by Gasteiger charge is -2.37. The van der Waals surface area contributed by atoms with Crippen LogP contribution in [0.4, 0.5) is 16.2 Å². The van der Waals surface area contributed by atoms with Gasteiger partial charge in [0.15, 0.2) is 0 Å². The van der Waals surface area contributed by atoms with Crippen LogP contribution in [0.2, 0.25) is 0 Å². The van der Waals surface area contributed by atoms with Crippen molar-refractivity contribution in [1.82, 2.24) is 15.2 Å². The third-order valence-electron chi connectivity index (χ3n) is 7.77. The number of carbonyl (C=O) groups is 2. The van der Waals surface area contributed by atoms with Crippen molar-refractivity contribution < 1.29 is 9.59 Å². The number of likely N-dealkylation sites (tertiary alicyclic amines) is 1. The van der Waals surface area contributed by atoms with Crippen molar-refractivity contribution in [2.75, 3.05) is 36.0 Å². The van der Waals surface area contributed by atoms with Crippen LogP contribution in [0.15, 0.2) is 72.9 Å². The summed E-state index contributed by atoms with van der Waals surface area (Å²) < 4.78 is 0. The van der Waals surface area contributed by atoms with E-state index in [0.717, 1.165) is 44.0 Å². The lowest BCUT2D eigenvalue weighted by molar-refractivity contribution is -0.123. The Bertz CT molecular complexity index is 1230. The second-order valence-corrected chi connectivity index (χ2v) is 10.1. The van der Waals surface area contributed by atoms with E-state index in [0.29, 0.717) is 18.5 Å². The molecule has 0 atom stereocenters. The van der Waals surface area contributed by atoms with Crippen molar-refractivity contribution in [1.29, 1.82) is 0 Å². The molecule has 3 saturated heterocycles. The van der Waals surface area contributed by atoms with Gasteiger partial charge in [-0.15, -0.1) is 0 Å². The normalized spacial score (nSPS) is 19.8. The first-order chi connectivity index (χ1) is 17.6. The number of rotatable bonds is 5. The SMILES string of the molecule is O=C1NC2(CCN(Cc3ccc(N4CCCC4)cc3)CC2)C(=O)N1c1ccc(-c2ccccn2)cc1. The predicted molar refractivity (Wildman–Crippen MR) is 141 cm³/mol. The number of anilines is 2. The molecular weight excluding hydrogens is 450 g/mol. The van der Waals surface area contributed by atoms with E-state index in [2.05, 4.69) is 44.4 Å². The zero-order valence-corrected chi connectivity index (χ0v) is 20.4. The number of hydrogen-bond donors (Lipinski definition) is 1. The van der Waals surface area contributed by atoms with Gasteiger partial charge in [-0.25, -0.2) is 9.69 Å². The summed E-state index contributed by atoms with van der Waals surface area (Å²) in [5, 5.41) is 3.03. The average Bonchev–Trinajstić information content (AvgIpc) is 3.54. The maximum absolute atomic E-state index is 13.5. The van der Waals surface area contributed by atoms with Crippen LogP contribution in [0.1, 0.15) is 31.2 Å². The van der Waals surface area contributed by atoms with E-state index < -0.39 is 5.54 Å². The molecule has 3 aromatic rings. The number of hydrogen-bond acceptors (Lipinski definition) is 5. The number of benzene rings is 2. The van der Waals surface area contributed by atoms with Crippen LogP contribution in [0, 0.1) is 0 Å². The summed E-state index contributed by atoms with van der Waals surface area (Å²) in [6, 6.07) is 21.8. The predicted octanol–water partition coefficient (Wildman–Crippen LogP) is 4.44. The molecule has 0 aliphatic carbocycles. The molecule has 6 rings (SSSR count). The Morgan fingerprint density at radius 3 is 2.17 bits per heavy atom. The van der Waals surface area contributed by atoms with E-state index in [1.54, 1.807) is 6.20 Å². The quantitative estimate of drug-likeness (QED) is 0.546. The van der Waals surface area contributed by atoms with Gasteiger partial charge in [-0.3, -0.25) is 14.7 Å². The van der Waals surface area contributed by atoms with Gasteiger partial charge < -0.3 is 10.2 Å². The molecule has 1 N–H and O–H groups in total. The number of imide groups is 1. The molecule has 3 aliphatic rings. The highest BCUT2D eigenvalue weighted by Crippen LogP contribution is 2.34. The number of pyridine rings is 1. The number of piperidine rings is 1. The van der Waals surface area contributed by atoms with Gasteiger partial charge in [0.05, 0.1) is 11.4 Å². The summed E-state index contributed by atoms with van der Waals surface area (Å²) in [7, 11) is 0. The van der Waals surface area contributed by atoms with Gasteiger partial charge in [-0.05, 0) is 67.6 Å². The Balaban J connectivity index is 1.09. The number of urea groups is 1. The van der Waals surface area contributed by atoms with Crippen molar-refractivity contribution in [3.05, 3.63) is 78.5 Å². The fourth-order valence-electron chi connectivity index (χ4n) is 5.65. The number of nitrogens with one attached hydrogen (secondary N) is 1. The van der Waals surface area contributed by atoms with Crippen molar-refractivity contribution in [3.63, 3.8) is 0 Å². The molecule has 7 heteroatoms. The van der Waals surface area contributed by atoms with E-state index in [1.807, 2.05) is 42.5 Å². The van der Waals surface area contributed by atoms with Crippen molar-refractivity contribution in [2.24, 2.45) is 0 Å². The van der Waals surface area contributed by atoms with Gasteiger partial charge in [0.25, 0.3) is 5.91 Å². The van der Waals surface area contributed by atoms with E-state index in [4.69, 9.17) is 0 Å². The van der Waals surface area contributed by atoms with Gasteiger partial charge >= 0.3 is 6.03 Å². The van der Waals surface area contributed by atoms with Gasteiger partial charge in [0, 0.05) is 50.2 Å². The second kappa shape index (κ2) is 9.39. The average molecular weight is 482 g/mol. The van der Waals surface area contributed by atoms with Crippen molar-refractivity contribution >= 4 is 23.3 Å². The minimum atomic E-state index is -0.813. The first kappa shape index (κ1) is 22.7. The van der Waals surface area contributed by atoms with Gasteiger partial charge in [-0.1, -0.05) is 30.3 Å². The highest BCUT2D eigenvalue weighted by molar-refractivity contribution is 6.23. The second-order valence-electron chi connectivity index (χ2n) is 10.1. The zero-order valence-electron chi connectivity index (χ0n) is 20.4. The van der Waals surface area contributed by atoms with Gasteiger partial charge in [0.2, 0.25) is 0 Å². The van der Waals surface area contributed by atoms with Gasteiger partial charge in [0.1, 0.15) is 5.54 Å². The molecule has 2 aromatic carbocycles. The monoisotopic (exact) mass is 481 g/mol. The molecule has 3 fully saturated rings. The Labute approximate surface area is 211 Å². The van der Waals surface area contributed by atoms with Crippen LogP contribution in [-0.4, -0.2) is 53.5 Å². The van der Waals surface area contributed by atoms with Crippen LogP contribution < -0.4 is 15.1 Å². The van der Waals surface area contributed by atoms with E-state index >= 15 is 0 Å². The van der Waals surface area contributed by atoms with Crippen LogP contribution >= 0.6 is 0 Å². The molecule has 0 radical (unpaired) electrons. The first-order valence-corrected chi connectivity index (χ1v) is 12.9. The third kappa shape index (κ3) is 4.24. The topological polar surface area (TPSA) is 68.8 Å². The maximum Gasteiger partial charge on any atom is 0.329 e. The molecule has 3 amide bonds. The van der Waals surface area contributed by atoms with E-state index in [-0.39, 0.29) is 11.9 Å². The molecule has 0 bridgehead atoms. The minimum Gasteiger partial charge on any atom is -0.372 e. The molecule has 0 saturated carbocycles. The summed E-state index contributed by atoms with van der Waals surface area (Å²) >= 11 is 0. The molecule has 7 nitrogen and oxygen atoms in total. The molecule has 3 aliphatic heterocycles. The molecule has 36 heavy (non-hydrogen) atoms. The van der Waals surface area contributed by atoms with Crippen LogP contribution in [0.3, 0.4) is 0 Å². The number of amides is 3. The molecule has 0 unspecified atom stereocenters. The molecular formula is C29H31N5O2. The Morgan fingerprint density at radius 1 is 0.806 bits per heavy atom. The zero-order chi connectivity index (χ0) is 24.5. The highest BCUT2D eigenvalue weighted by Gasteiger charge is 2.52. The fraction of sp³-hybridized carbons (Fsp3) is 0.345.